The third kappa shape index (κ3) is 4.70. The molecule has 18 heavy (non-hydrogen) atoms. The standard InChI is InChI=1S/C13H28N2OSi2/c1-7-12-18(5,6)16-11-8-13-14-9-10-15(13)17(2,3)4/h9-10H,7-8,11-12H2,1-6H3. The van der Waals surface area contributed by atoms with Gasteiger partial charge in [-0.25, -0.2) is 4.98 Å². The van der Waals surface area contributed by atoms with Gasteiger partial charge in [-0.1, -0.05) is 33.0 Å². The molecule has 1 heterocycles. The molecule has 5 heteroatoms. The SMILES string of the molecule is CCC[Si](C)(C)OCCc1nccn1[Si](C)(C)C. The molecule has 1 aromatic heterocycles. The van der Waals surface area contributed by atoms with Crippen molar-refractivity contribution in [2.75, 3.05) is 6.61 Å². The lowest BCUT2D eigenvalue weighted by molar-refractivity contribution is 0.307. The van der Waals surface area contributed by atoms with E-state index in [1.165, 1.54) is 18.3 Å². The lowest BCUT2D eigenvalue weighted by Crippen LogP contribution is -2.34. The highest BCUT2D eigenvalue weighted by molar-refractivity contribution is 6.74. The predicted octanol–water partition coefficient (Wildman–Crippen LogP) is 3.74. The van der Waals surface area contributed by atoms with E-state index in [9.17, 15) is 0 Å². The molecule has 0 atom stereocenters. The minimum absolute atomic E-state index is 0.820. The van der Waals surface area contributed by atoms with Crippen LogP contribution in [-0.4, -0.2) is 32.4 Å². The Morgan fingerprint density at radius 3 is 2.44 bits per heavy atom. The van der Waals surface area contributed by atoms with Crippen molar-refractivity contribution in [3.05, 3.63) is 18.2 Å². The lowest BCUT2D eigenvalue weighted by atomic mass is 10.4. The summed E-state index contributed by atoms with van der Waals surface area (Å²) in [6, 6.07) is 1.25. The van der Waals surface area contributed by atoms with Crippen molar-refractivity contribution in [1.82, 2.24) is 9.22 Å². The van der Waals surface area contributed by atoms with Crippen LogP contribution in [0.3, 0.4) is 0 Å². The van der Waals surface area contributed by atoms with E-state index in [1.54, 1.807) is 0 Å². The summed E-state index contributed by atoms with van der Waals surface area (Å²) in [6.07, 6.45) is 6.21. The Morgan fingerprint density at radius 1 is 1.22 bits per heavy atom. The molecule has 1 rings (SSSR count). The summed E-state index contributed by atoms with van der Waals surface area (Å²) >= 11 is 0. The van der Waals surface area contributed by atoms with Gasteiger partial charge in [0.1, 0.15) is 5.82 Å². The summed E-state index contributed by atoms with van der Waals surface area (Å²) < 4.78 is 8.49. The van der Waals surface area contributed by atoms with Crippen molar-refractivity contribution < 1.29 is 4.43 Å². The second kappa shape index (κ2) is 6.17. The van der Waals surface area contributed by atoms with Crippen LogP contribution in [0.5, 0.6) is 0 Å². The van der Waals surface area contributed by atoms with E-state index in [1.807, 2.05) is 6.20 Å². The van der Waals surface area contributed by atoms with Gasteiger partial charge in [-0.3, -0.25) is 0 Å². The zero-order valence-electron chi connectivity index (χ0n) is 12.8. The van der Waals surface area contributed by atoms with Gasteiger partial charge in [0.15, 0.2) is 16.6 Å². The molecule has 0 aromatic carbocycles. The molecule has 3 nitrogen and oxygen atoms in total. The fraction of sp³-hybridized carbons (Fsp3) is 0.769. The Morgan fingerprint density at radius 2 is 1.89 bits per heavy atom. The molecule has 1 aromatic rings. The summed E-state index contributed by atoms with van der Waals surface area (Å²) in [5.74, 6) is 1.19. The first-order chi connectivity index (χ1) is 8.26. The molecule has 0 bridgehead atoms. The summed E-state index contributed by atoms with van der Waals surface area (Å²) in [4.78, 5) is 4.48. The van der Waals surface area contributed by atoms with E-state index in [0.29, 0.717) is 0 Å². The van der Waals surface area contributed by atoms with E-state index < -0.39 is 16.6 Å². The molecule has 0 aliphatic heterocycles. The minimum Gasteiger partial charge on any atom is -0.417 e. The van der Waals surface area contributed by atoms with Crippen LogP contribution >= 0.6 is 0 Å². The van der Waals surface area contributed by atoms with Crippen LogP contribution in [0.25, 0.3) is 0 Å². The van der Waals surface area contributed by atoms with Crippen LogP contribution in [0.4, 0.5) is 0 Å². The molecule has 0 fully saturated rings. The highest BCUT2D eigenvalue weighted by Crippen LogP contribution is 2.15. The predicted molar refractivity (Wildman–Crippen MR) is 83.2 cm³/mol. The quantitative estimate of drug-likeness (QED) is 0.713. The molecule has 0 saturated carbocycles. The molecule has 0 N–H and O–H groups in total. The average Bonchev–Trinajstić information content (AvgIpc) is 2.64. The number of nitrogens with zero attached hydrogens (tertiary/aromatic N) is 2. The highest BCUT2D eigenvalue weighted by atomic mass is 28.4. The van der Waals surface area contributed by atoms with Crippen molar-refractivity contribution >= 4 is 16.6 Å². The molecule has 0 unspecified atom stereocenters. The molecule has 0 amide bonds. The van der Waals surface area contributed by atoms with E-state index >= 15 is 0 Å². The maximum Gasteiger partial charge on any atom is 0.186 e. The molecular formula is C13H28N2OSi2. The van der Waals surface area contributed by atoms with Gasteiger partial charge in [-0.15, -0.1) is 0 Å². The maximum absolute atomic E-state index is 6.11. The fourth-order valence-corrected chi connectivity index (χ4v) is 5.68. The van der Waals surface area contributed by atoms with Crippen LogP contribution in [-0.2, 0) is 10.8 Å². The molecule has 0 aliphatic rings. The van der Waals surface area contributed by atoms with Crippen molar-refractivity contribution in [1.29, 1.82) is 0 Å². The average molecular weight is 285 g/mol. The van der Waals surface area contributed by atoms with Crippen molar-refractivity contribution in [3.8, 4) is 0 Å². The number of aromatic nitrogens is 2. The number of hydrogen-bond donors (Lipinski definition) is 0. The Bertz CT molecular complexity index is 369. The molecular weight excluding hydrogens is 256 g/mol. The normalized spacial score (nSPS) is 13.0. The third-order valence-corrected chi connectivity index (χ3v) is 7.65. The van der Waals surface area contributed by atoms with Crippen LogP contribution < -0.4 is 0 Å². The topological polar surface area (TPSA) is 27.1 Å². The summed E-state index contributed by atoms with van der Waals surface area (Å²) in [6.45, 7) is 14.7. The van der Waals surface area contributed by atoms with Gasteiger partial charge in [0.25, 0.3) is 0 Å². The monoisotopic (exact) mass is 284 g/mol. The van der Waals surface area contributed by atoms with E-state index in [-0.39, 0.29) is 0 Å². The lowest BCUT2D eigenvalue weighted by Gasteiger charge is -2.24. The first-order valence-corrected chi connectivity index (χ1v) is 13.5. The maximum atomic E-state index is 6.11. The molecule has 0 saturated heterocycles. The second-order valence-electron chi connectivity index (χ2n) is 6.49. The summed E-state index contributed by atoms with van der Waals surface area (Å²) in [5.41, 5.74) is 0. The first-order valence-electron chi connectivity index (χ1n) is 6.93. The van der Waals surface area contributed by atoms with Gasteiger partial charge in [0, 0.05) is 25.4 Å². The van der Waals surface area contributed by atoms with E-state index in [2.05, 4.69) is 55.1 Å². The molecule has 104 valence electrons. The Hall–Kier alpha value is -0.396. The summed E-state index contributed by atoms with van der Waals surface area (Å²) in [7, 11) is -2.75. The van der Waals surface area contributed by atoms with Crippen LogP contribution in [0, 0.1) is 0 Å². The van der Waals surface area contributed by atoms with Crippen LogP contribution in [0.1, 0.15) is 19.2 Å². The van der Waals surface area contributed by atoms with Crippen molar-refractivity contribution in [2.45, 2.75) is 58.5 Å². The van der Waals surface area contributed by atoms with Gasteiger partial charge in [-0.2, -0.15) is 0 Å². The molecule has 0 spiro atoms. The van der Waals surface area contributed by atoms with Gasteiger partial charge in [-0.05, 0) is 19.1 Å². The Labute approximate surface area is 114 Å². The zero-order valence-corrected chi connectivity index (χ0v) is 14.8. The van der Waals surface area contributed by atoms with E-state index in [0.717, 1.165) is 13.0 Å². The zero-order chi connectivity index (χ0) is 13.8. The summed E-state index contributed by atoms with van der Waals surface area (Å²) in [5, 5.41) is 0. The number of hydrogen-bond acceptors (Lipinski definition) is 2. The molecule has 0 aliphatic carbocycles. The van der Waals surface area contributed by atoms with Gasteiger partial charge in [0.05, 0.1) is 0 Å². The van der Waals surface area contributed by atoms with Gasteiger partial charge < -0.3 is 8.66 Å². The van der Waals surface area contributed by atoms with Gasteiger partial charge >= 0.3 is 0 Å². The Kier molecular flexibility index (Phi) is 5.37. The third-order valence-electron chi connectivity index (χ3n) is 3.11. The first kappa shape index (κ1) is 15.7. The van der Waals surface area contributed by atoms with E-state index in [4.69, 9.17) is 4.43 Å². The number of imidazole rings is 1. The highest BCUT2D eigenvalue weighted by Gasteiger charge is 2.22. The van der Waals surface area contributed by atoms with Crippen LogP contribution in [0.15, 0.2) is 12.4 Å². The second-order valence-corrected chi connectivity index (χ2v) is 15.6. The molecule has 0 radical (unpaired) electrons. The van der Waals surface area contributed by atoms with Crippen molar-refractivity contribution in [2.24, 2.45) is 0 Å². The minimum atomic E-state index is -1.43. The number of rotatable bonds is 7. The fourth-order valence-electron chi connectivity index (χ4n) is 2.22. The van der Waals surface area contributed by atoms with Gasteiger partial charge in [0.2, 0.25) is 0 Å². The van der Waals surface area contributed by atoms with Crippen molar-refractivity contribution in [3.63, 3.8) is 0 Å². The largest absolute Gasteiger partial charge is 0.417 e. The Balaban J connectivity index is 2.53. The smallest absolute Gasteiger partial charge is 0.186 e. The van der Waals surface area contributed by atoms with Crippen LogP contribution in [0.2, 0.25) is 38.8 Å².